The molecule has 0 bridgehead atoms. The zero-order chi connectivity index (χ0) is 16.9. The second-order valence-corrected chi connectivity index (χ2v) is 5.85. The molecule has 0 aliphatic carbocycles. The van der Waals surface area contributed by atoms with E-state index in [9.17, 15) is 4.79 Å². The number of halogens is 1. The van der Waals surface area contributed by atoms with Crippen molar-refractivity contribution in [3.8, 4) is 17.1 Å². The highest BCUT2D eigenvalue weighted by atomic mass is 79.9. The molecule has 0 radical (unpaired) electrons. The average molecular weight is 388 g/mol. The molecule has 0 saturated carbocycles. The zero-order valence-electron chi connectivity index (χ0n) is 12.8. The van der Waals surface area contributed by atoms with Crippen molar-refractivity contribution in [1.82, 2.24) is 15.5 Å². The minimum absolute atomic E-state index is 0.150. The SMILES string of the molecule is COc1cccc(C(=O)NCc2nc(-c3cccc(Br)c3)no2)c1. The van der Waals surface area contributed by atoms with Gasteiger partial charge in [0.05, 0.1) is 13.7 Å². The van der Waals surface area contributed by atoms with Crippen LogP contribution in [-0.4, -0.2) is 23.2 Å². The van der Waals surface area contributed by atoms with Crippen LogP contribution in [0.1, 0.15) is 16.2 Å². The number of hydrogen-bond acceptors (Lipinski definition) is 5. The van der Waals surface area contributed by atoms with E-state index in [1.165, 1.54) is 0 Å². The van der Waals surface area contributed by atoms with Gasteiger partial charge in [0.2, 0.25) is 11.7 Å². The summed E-state index contributed by atoms with van der Waals surface area (Å²) in [5.74, 6) is 1.19. The molecule has 0 aliphatic rings. The molecule has 24 heavy (non-hydrogen) atoms. The number of nitrogens with one attached hydrogen (secondary N) is 1. The number of benzene rings is 2. The first-order chi connectivity index (χ1) is 11.7. The second kappa shape index (κ2) is 7.27. The Morgan fingerprint density at radius 1 is 1.25 bits per heavy atom. The molecular weight excluding hydrogens is 374 g/mol. The van der Waals surface area contributed by atoms with Crippen LogP contribution < -0.4 is 10.1 Å². The van der Waals surface area contributed by atoms with Gasteiger partial charge in [-0.2, -0.15) is 4.98 Å². The van der Waals surface area contributed by atoms with Gasteiger partial charge in [-0.15, -0.1) is 0 Å². The normalized spacial score (nSPS) is 10.4. The number of hydrogen-bond donors (Lipinski definition) is 1. The number of aromatic nitrogens is 2. The smallest absolute Gasteiger partial charge is 0.251 e. The highest BCUT2D eigenvalue weighted by Gasteiger charge is 2.11. The predicted molar refractivity (Wildman–Crippen MR) is 91.6 cm³/mol. The maximum atomic E-state index is 12.1. The maximum Gasteiger partial charge on any atom is 0.251 e. The third-order valence-corrected chi connectivity index (χ3v) is 3.78. The molecule has 0 atom stereocenters. The third-order valence-electron chi connectivity index (χ3n) is 3.28. The average Bonchev–Trinajstić information content (AvgIpc) is 3.09. The van der Waals surface area contributed by atoms with E-state index < -0.39 is 0 Å². The van der Waals surface area contributed by atoms with Crippen molar-refractivity contribution in [2.75, 3.05) is 7.11 Å². The van der Waals surface area contributed by atoms with E-state index in [0.29, 0.717) is 23.0 Å². The van der Waals surface area contributed by atoms with Gasteiger partial charge in [-0.25, -0.2) is 0 Å². The molecule has 7 heteroatoms. The lowest BCUT2D eigenvalue weighted by Gasteiger charge is -2.04. The van der Waals surface area contributed by atoms with Crippen molar-refractivity contribution in [3.05, 3.63) is 64.5 Å². The van der Waals surface area contributed by atoms with E-state index in [0.717, 1.165) is 10.0 Å². The minimum Gasteiger partial charge on any atom is -0.497 e. The lowest BCUT2D eigenvalue weighted by atomic mass is 10.2. The molecule has 0 saturated heterocycles. The highest BCUT2D eigenvalue weighted by Crippen LogP contribution is 2.20. The van der Waals surface area contributed by atoms with Gasteiger partial charge < -0.3 is 14.6 Å². The van der Waals surface area contributed by atoms with E-state index in [-0.39, 0.29) is 12.5 Å². The van der Waals surface area contributed by atoms with Gasteiger partial charge >= 0.3 is 0 Å². The van der Waals surface area contributed by atoms with E-state index in [2.05, 4.69) is 31.4 Å². The number of carbonyl (C=O) groups excluding carboxylic acids is 1. The molecule has 3 aromatic rings. The fraction of sp³-hybridized carbons (Fsp3) is 0.118. The summed E-state index contributed by atoms with van der Waals surface area (Å²) in [5, 5.41) is 6.67. The molecular formula is C17H14BrN3O3. The van der Waals surface area contributed by atoms with E-state index in [4.69, 9.17) is 9.26 Å². The van der Waals surface area contributed by atoms with Crippen LogP contribution in [0.5, 0.6) is 5.75 Å². The fourth-order valence-corrected chi connectivity index (χ4v) is 2.49. The summed E-state index contributed by atoms with van der Waals surface area (Å²) in [6.07, 6.45) is 0. The van der Waals surface area contributed by atoms with E-state index in [1.807, 2.05) is 24.3 Å². The summed E-state index contributed by atoms with van der Waals surface area (Å²) in [6.45, 7) is 0.150. The Morgan fingerprint density at radius 3 is 2.88 bits per heavy atom. The van der Waals surface area contributed by atoms with E-state index in [1.54, 1.807) is 31.4 Å². The molecule has 1 heterocycles. The van der Waals surface area contributed by atoms with Gasteiger partial charge in [0.1, 0.15) is 5.75 Å². The molecule has 0 aliphatic heterocycles. The first-order valence-electron chi connectivity index (χ1n) is 7.16. The summed E-state index contributed by atoms with van der Waals surface area (Å²) in [6, 6.07) is 14.5. The van der Waals surface area contributed by atoms with Crippen LogP contribution >= 0.6 is 15.9 Å². The number of nitrogens with zero attached hydrogens (tertiary/aromatic N) is 2. The highest BCUT2D eigenvalue weighted by molar-refractivity contribution is 9.10. The molecule has 1 amide bonds. The number of amides is 1. The molecule has 0 fully saturated rings. The number of ether oxygens (including phenoxy) is 1. The van der Waals surface area contributed by atoms with Crippen molar-refractivity contribution in [1.29, 1.82) is 0 Å². The molecule has 3 rings (SSSR count). The summed E-state index contributed by atoms with van der Waals surface area (Å²) in [5.41, 5.74) is 1.33. The number of methoxy groups -OCH3 is 1. The maximum absolute atomic E-state index is 12.1. The molecule has 2 aromatic carbocycles. The van der Waals surface area contributed by atoms with Gasteiger partial charge in [0, 0.05) is 15.6 Å². The van der Waals surface area contributed by atoms with Crippen LogP contribution in [0.3, 0.4) is 0 Å². The largest absolute Gasteiger partial charge is 0.497 e. The summed E-state index contributed by atoms with van der Waals surface area (Å²) < 4.78 is 11.2. The zero-order valence-corrected chi connectivity index (χ0v) is 14.4. The molecule has 122 valence electrons. The molecule has 0 spiro atoms. The fourth-order valence-electron chi connectivity index (χ4n) is 2.09. The first-order valence-corrected chi connectivity index (χ1v) is 7.96. The van der Waals surface area contributed by atoms with Crippen LogP contribution in [0.2, 0.25) is 0 Å². The Bertz CT molecular complexity index is 864. The van der Waals surface area contributed by atoms with Crippen molar-refractivity contribution in [2.45, 2.75) is 6.54 Å². The Kier molecular flexibility index (Phi) is 4.90. The van der Waals surface area contributed by atoms with Crippen LogP contribution in [0.15, 0.2) is 57.5 Å². The predicted octanol–water partition coefficient (Wildman–Crippen LogP) is 3.44. The Hall–Kier alpha value is -2.67. The summed E-state index contributed by atoms with van der Waals surface area (Å²) >= 11 is 3.40. The van der Waals surface area contributed by atoms with Crippen LogP contribution in [0, 0.1) is 0 Å². The van der Waals surface area contributed by atoms with Crippen molar-refractivity contribution in [3.63, 3.8) is 0 Å². The van der Waals surface area contributed by atoms with Gasteiger partial charge in [-0.1, -0.05) is 39.3 Å². The Labute approximate surface area is 147 Å². The van der Waals surface area contributed by atoms with Gasteiger partial charge in [0.25, 0.3) is 5.91 Å². The first kappa shape index (κ1) is 16.2. The van der Waals surface area contributed by atoms with Crippen LogP contribution in [0.25, 0.3) is 11.4 Å². The van der Waals surface area contributed by atoms with Gasteiger partial charge in [-0.05, 0) is 30.3 Å². The summed E-state index contributed by atoms with van der Waals surface area (Å²) in [7, 11) is 1.55. The quantitative estimate of drug-likeness (QED) is 0.725. The summed E-state index contributed by atoms with van der Waals surface area (Å²) in [4.78, 5) is 16.4. The number of rotatable bonds is 5. The van der Waals surface area contributed by atoms with Gasteiger partial charge in [0.15, 0.2) is 0 Å². The molecule has 6 nitrogen and oxygen atoms in total. The van der Waals surface area contributed by atoms with Crippen LogP contribution in [0.4, 0.5) is 0 Å². The van der Waals surface area contributed by atoms with Crippen LogP contribution in [-0.2, 0) is 6.54 Å². The molecule has 0 unspecified atom stereocenters. The van der Waals surface area contributed by atoms with E-state index >= 15 is 0 Å². The number of carbonyl (C=O) groups is 1. The van der Waals surface area contributed by atoms with Gasteiger partial charge in [-0.3, -0.25) is 4.79 Å². The Morgan fingerprint density at radius 2 is 2.08 bits per heavy atom. The second-order valence-electron chi connectivity index (χ2n) is 4.94. The Balaban J connectivity index is 1.66. The minimum atomic E-state index is -0.240. The third kappa shape index (κ3) is 3.80. The van der Waals surface area contributed by atoms with Crippen molar-refractivity contribution in [2.24, 2.45) is 0 Å². The van der Waals surface area contributed by atoms with Crippen molar-refractivity contribution < 1.29 is 14.1 Å². The lowest BCUT2D eigenvalue weighted by molar-refractivity contribution is 0.0946. The lowest BCUT2D eigenvalue weighted by Crippen LogP contribution is -2.22. The standard InChI is InChI=1S/C17H14BrN3O3/c1-23-14-7-3-5-12(9-14)17(22)19-10-15-20-16(21-24-15)11-4-2-6-13(18)8-11/h2-9H,10H2,1H3,(H,19,22). The van der Waals surface area contributed by atoms with Crippen molar-refractivity contribution >= 4 is 21.8 Å². The topological polar surface area (TPSA) is 77.2 Å². The monoisotopic (exact) mass is 387 g/mol. The molecule has 1 aromatic heterocycles. The molecule has 1 N–H and O–H groups in total.